The molecule has 0 aromatic heterocycles. The first-order valence-corrected chi connectivity index (χ1v) is 7.81. The van der Waals surface area contributed by atoms with Gasteiger partial charge in [-0.15, -0.1) is 0 Å². The van der Waals surface area contributed by atoms with E-state index < -0.39 is 3.79 Å². The van der Waals surface area contributed by atoms with Crippen LogP contribution in [0.25, 0.3) is 0 Å². The maximum absolute atomic E-state index is 11.3. The van der Waals surface area contributed by atoms with Crippen LogP contribution < -0.4 is 0 Å². The smallest absolute Gasteiger partial charge is 0.305 e. The minimum absolute atomic E-state index is 0.173. The van der Waals surface area contributed by atoms with Crippen LogP contribution in [-0.4, -0.2) is 16.4 Å². The number of esters is 1. The second kappa shape index (κ2) is 11.2. The molecule has 0 heterocycles. The lowest BCUT2D eigenvalue weighted by Crippen LogP contribution is -2.17. The van der Waals surface area contributed by atoms with Gasteiger partial charge >= 0.3 is 5.97 Å². The van der Waals surface area contributed by atoms with Crippen molar-refractivity contribution in [1.29, 1.82) is 0 Å². The number of unbranched alkanes of at least 4 members (excludes halogenated alkanes) is 7. The third-order valence-corrected chi connectivity index (χ3v) is 2.96. The molecule has 0 saturated heterocycles. The Morgan fingerprint density at radius 3 is 1.94 bits per heavy atom. The zero-order valence-electron chi connectivity index (χ0n) is 11.0. The predicted octanol–water partition coefficient (Wildman–Crippen LogP) is 5.43. The minimum atomic E-state index is -1.51. The summed E-state index contributed by atoms with van der Waals surface area (Å²) in [7, 11) is 0. The summed E-state index contributed by atoms with van der Waals surface area (Å²) in [6.45, 7) is 2.04. The molecular weight excluding hydrogens is 294 g/mol. The Bertz CT molecular complexity index is 215. The second-order valence-corrected chi connectivity index (χ2v) is 7.02. The van der Waals surface area contributed by atoms with Crippen molar-refractivity contribution >= 4 is 40.8 Å². The molecule has 0 bridgehead atoms. The van der Waals surface area contributed by atoms with Gasteiger partial charge < -0.3 is 4.74 Å². The van der Waals surface area contributed by atoms with Crippen LogP contribution >= 0.6 is 34.8 Å². The molecule has 0 aliphatic heterocycles. The second-order valence-electron chi connectivity index (χ2n) is 4.50. The summed E-state index contributed by atoms with van der Waals surface area (Å²) in [4.78, 5) is 11.3. The van der Waals surface area contributed by atoms with Gasteiger partial charge in [0, 0.05) is 6.42 Å². The predicted molar refractivity (Wildman–Crippen MR) is 78.5 cm³/mol. The van der Waals surface area contributed by atoms with Gasteiger partial charge in [-0.1, -0.05) is 86.7 Å². The van der Waals surface area contributed by atoms with Gasteiger partial charge in [-0.05, 0) is 6.42 Å². The van der Waals surface area contributed by atoms with Gasteiger partial charge in [0.25, 0.3) is 0 Å². The van der Waals surface area contributed by atoms with Crippen LogP contribution in [0.5, 0.6) is 0 Å². The largest absolute Gasteiger partial charge is 0.461 e. The summed E-state index contributed by atoms with van der Waals surface area (Å²) in [5.74, 6) is -0.285. The zero-order chi connectivity index (χ0) is 13.9. The van der Waals surface area contributed by atoms with E-state index in [0.29, 0.717) is 6.42 Å². The van der Waals surface area contributed by atoms with E-state index in [-0.39, 0.29) is 12.6 Å². The summed E-state index contributed by atoms with van der Waals surface area (Å²) in [5, 5.41) is 0. The lowest BCUT2D eigenvalue weighted by molar-refractivity contribution is -0.143. The Balaban J connectivity index is 3.25. The highest BCUT2D eigenvalue weighted by Gasteiger charge is 2.21. The van der Waals surface area contributed by atoms with E-state index in [1.54, 1.807) is 0 Å². The van der Waals surface area contributed by atoms with Crippen LogP contribution in [0, 0.1) is 0 Å². The monoisotopic (exact) mass is 316 g/mol. The third-order valence-electron chi connectivity index (χ3n) is 2.63. The molecule has 0 aliphatic rings. The molecule has 18 heavy (non-hydrogen) atoms. The molecular formula is C13H23Cl3O2. The van der Waals surface area contributed by atoms with Gasteiger partial charge in [0.05, 0.1) is 0 Å². The number of ether oxygens (including phenoxy) is 1. The van der Waals surface area contributed by atoms with Gasteiger partial charge in [-0.3, -0.25) is 4.79 Å². The van der Waals surface area contributed by atoms with Crippen molar-refractivity contribution in [1.82, 2.24) is 0 Å². The molecule has 0 aromatic carbocycles. The maximum Gasteiger partial charge on any atom is 0.305 e. The van der Waals surface area contributed by atoms with Crippen molar-refractivity contribution in [2.75, 3.05) is 6.61 Å². The van der Waals surface area contributed by atoms with Crippen molar-refractivity contribution in [3.05, 3.63) is 0 Å². The molecule has 108 valence electrons. The average molecular weight is 318 g/mol. The quantitative estimate of drug-likeness (QED) is 0.305. The number of halogens is 3. The Labute approximate surface area is 125 Å². The zero-order valence-corrected chi connectivity index (χ0v) is 13.3. The first kappa shape index (κ1) is 18.3. The molecule has 0 aliphatic carbocycles. The van der Waals surface area contributed by atoms with Crippen LogP contribution in [0.15, 0.2) is 0 Å². The van der Waals surface area contributed by atoms with Crippen molar-refractivity contribution in [3.63, 3.8) is 0 Å². The van der Waals surface area contributed by atoms with E-state index >= 15 is 0 Å². The average Bonchev–Trinajstić information content (AvgIpc) is 2.29. The van der Waals surface area contributed by atoms with Crippen LogP contribution in [0.3, 0.4) is 0 Å². The lowest BCUT2D eigenvalue weighted by Gasteiger charge is -2.11. The number of rotatable bonds is 10. The van der Waals surface area contributed by atoms with Gasteiger partial charge in [0.2, 0.25) is 3.79 Å². The molecule has 2 nitrogen and oxygen atoms in total. The number of alkyl halides is 3. The van der Waals surface area contributed by atoms with Crippen LogP contribution in [0.1, 0.15) is 64.7 Å². The highest BCUT2D eigenvalue weighted by atomic mass is 35.6. The van der Waals surface area contributed by atoms with Gasteiger partial charge in [-0.2, -0.15) is 0 Å². The number of hydrogen-bond acceptors (Lipinski definition) is 2. The normalized spacial score (nSPS) is 11.6. The highest BCUT2D eigenvalue weighted by Crippen LogP contribution is 2.26. The molecule has 0 radical (unpaired) electrons. The third kappa shape index (κ3) is 14.4. The SMILES string of the molecule is CCCCCCCCCCC(=O)OCC(Cl)(Cl)Cl. The first-order valence-electron chi connectivity index (χ1n) is 6.68. The molecule has 0 unspecified atom stereocenters. The maximum atomic E-state index is 11.3. The van der Waals surface area contributed by atoms with E-state index in [1.807, 2.05) is 0 Å². The summed E-state index contributed by atoms with van der Waals surface area (Å²) in [6.07, 6.45) is 9.98. The molecule has 0 N–H and O–H groups in total. The number of hydrogen-bond donors (Lipinski definition) is 0. The first-order chi connectivity index (χ1) is 8.45. The number of carbonyl (C=O) groups is 1. The standard InChI is InChI=1S/C13H23Cl3O2/c1-2-3-4-5-6-7-8-9-10-12(17)18-11-13(14,15)16/h2-11H2,1H3. The van der Waals surface area contributed by atoms with Gasteiger partial charge in [0.1, 0.15) is 6.61 Å². The topological polar surface area (TPSA) is 26.3 Å². The Hall–Kier alpha value is 0.340. The fourth-order valence-electron chi connectivity index (χ4n) is 1.64. The van der Waals surface area contributed by atoms with E-state index in [2.05, 4.69) is 6.92 Å². The molecule has 0 amide bonds. The van der Waals surface area contributed by atoms with Crippen molar-refractivity contribution in [3.8, 4) is 0 Å². The highest BCUT2D eigenvalue weighted by molar-refractivity contribution is 6.67. The molecule has 0 rings (SSSR count). The summed E-state index contributed by atoms with van der Waals surface area (Å²) in [6, 6.07) is 0. The van der Waals surface area contributed by atoms with E-state index in [4.69, 9.17) is 39.5 Å². The summed E-state index contributed by atoms with van der Waals surface area (Å²) < 4.78 is 3.33. The fourth-order valence-corrected chi connectivity index (χ4v) is 1.80. The molecule has 5 heteroatoms. The molecule has 0 fully saturated rings. The Kier molecular flexibility index (Phi) is 11.4. The van der Waals surface area contributed by atoms with E-state index in [1.165, 1.54) is 38.5 Å². The Morgan fingerprint density at radius 2 is 1.44 bits per heavy atom. The fraction of sp³-hybridized carbons (Fsp3) is 0.923. The summed E-state index contributed by atoms with van der Waals surface area (Å²) in [5.41, 5.74) is 0. The van der Waals surface area contributed by atoms with Gasteiger partial charge in [-0.25, -0.2) is 0 Å². The van der Waals surface area contributed by atoms with Crippen LogP contribution in [0.2, 0.25) is 0 Å². The molecule has 0 saturated carbocycles. The molecule has 0 atom stereocenters. The van der Waals surface area contributed by atoms with E-state index in [0.717, 1.165) is 12.8 Å². The van der Waals surface area contributed by atoms with Gasteiger partial charge in [0.15, 0.2) is 0 Å². The molecule has 0 spiro atoms. The molecule has 0 aromatic rings. The van der Waals surface area contributed by atoms with Crippen molar-refractivity contribution in [2.24, 2.45) is 0 Å². The lowest BCUT2D eigenvalue weighted by atomic mass is 10.1. The minimum Gasteiger partial charge on any atom is -0.461 e. The van der Waals surface area contributed by atoms with Crippen molar-refractivity contribution < 1.29 is 9.53 Å². The van der Waals surface area contributed by atoms with Crippen LogP contribution in [-0.2, 0) is 9.53 Å². The van der Waals surface area contributed by atoms with E-state index in [9.17, 15) is 4.79 Å². The summed E-state index contributed by atoms with van der Waals surface area (Å²) >= 11 is 16.4. The van der Waals surface area contributed by atoms with Crippen molar-refractivity contribution in [2.45, 2.75) is 68.5 Å². The van der Waals surface area contributed by atoms with Crippen LogP contribution in [0.4, 0.5) is 0 Å². The Morgan fingerprint density at radius 1 is 0.944 bits per heavy atom. The number of carbonyl (C=O) groups excluding carboxylic acids is 1.